The van der Waals surface area contributed by atoms with Crippen molar-refractivity contribution in [2.75, 3.05) is 30.9 Å². The van der Waals surface area contributed by atoms with Crippen LogP contribution >= 0.6 is 23.5 Å². The highest BCUT2D eigenvalue weighted by Gasteiger charge is 2.33. The smallest absolute Gasteiger partial charge is 0.221 e. The van der Waals surface area contributed by atoms with Crippen molar-refractivity contribution in [3.05, 3.63) is 0 Å². The Morgan fingerprint density at radius 1 is 1.50 bits per heavy atom. The SMILES string of the molecule is CSC1(CNC(=O)CC2CSCCN2)CCCC1. The number of carbonyl (C=O) groups excluding carboxylic acids is 1. The zero-order chi connectivity index (χ0) is 12.8. The van der Waals surface area contributed by atoms with E-state index in [-0.39, 0.29) is 5.91 Å². The number of carbonyl (C=O) groups is 1. The van der Waals surface area contributed by atoms with E-state index < -0.39 is 0 Å². The van der Waals surface area contributed by atoms with Crippen LogP contribution in [0.5, 0.6) is 0 Å². The van der Waals surface area contributed by atoms with Crippen LogP contribution in [0.25, 0.3) is 0 Å². The van der Waals surface area contributed by atoms with Gasteiger partial charge in [0.2, 0.25) is 5.91 Å². The maximum absolute atomic E-state index is 12.0. The van der Waals surface area contributed by atoms with Gasteiger partial charge in [0, 0.05) is 41.8 Å². The molecule has 0 aromatic carbocycles. The second kappa shape index (κ2) is 7.06. The van der Waals surface area contributed by atoms with Crippen molar-refractivity contribution in [1.82, 2.24) is 10.6 Å². The van der Waals surface area contributed by atoms with Gasteiger partial charge in [0.25, 0.3) is 0 Å². The zero-order valence-electron chi connectivity index (χ0n) is 11.2. The number of amides is 1. The molecule has 2 rings (SSSR count). The predicted octanol–water partition coefficient (Wildman–Crippen LogP) is 1.87. The summed E-state index contributed by atoms with van der Waals surface area (Å²) in [4.78, 5) is 12.0. The fourth-order valence-corrected chi connectivity index (χ4v) is 4.64. The Kier molecular flexibility index (Phi) is 5.70. The molecule has 104 valence electrons. The molecule has 2 aliphatic rings. The van der Waals surface area contributed by atoms with Gasteiger partial charge in [-0.3, -0.25) is 4.79 Å². The predicted molar refractivity (Wildman–Crippen MR) is 81.5 cm³/mol. The first-order chi connectivity index (χ1) is 8.74. The number of thioether (sulfide) groups is 2. The van der Waals surface area contributed by atoms with Crippen molar-refractivity contribution in [2.24, 2.45) is 0 Å². The molecule has 1 aliphatic carbocycles. The minimum atomic E-state index is 0.218. The molecule has 0 bridgehead atoms. The van der Waals surface area contributed by atoms with Crippen LogP contribution in [0.3, 0.4) is 0 Å². The fourth-order valence-electron chi connectivity index (χ4n) is 2.78. The molecular formula is C13H24N2OS2. The van der Waals surface area contributed by atoms with Crippen LogP contribution in [0.1, 0.15) is 32.1 Å². The largest absolute Gasteiger partial charge is 0.355 e. The highest BCUT2D eigenvalue weighted by Crippen LogP contribution is 2.39. The van der Waals surface area contributed by atoms with Gasteiger partial charge >= 0.3 is 0 Å². The Hall–Kier alpha value is 0.130. The molecule has 1 amide bonds. The summed E-state index contributed by atoms with van der Waals surface area (Å²) < 4.78 is 0.324. The van der Waals surface area contributed by atoms with Crippen molar-refractivity contribution in [2.45, 2.75) is 42.9 Å². The Balaban J connectivity index is 1.70. The minimum Gasteiger partial charge on any atom is -0.355 e. The van der Waals surface area contributed by atoms with Crippen molar-refractivity contribution in [3.63, 3.8) is 0 Å². The van der Waals surface area contributed by atoms with Crippen molar-refractivity contribution in [1.29, 1.82) is 0 Å². The summed E-state index contributed by atoms with van der Waals surface area (Å²) >= 11 is 3.88. The highest BCUT2D eigenvalue weighted by molar-refractivity contribution is 8.00. The van der Waals surface area contributed by atoms with E-state index in [9.17, 15) is 4.79 Å². The standard InChI is InChI=1S/C13H24N2OS2/c1-17-13(4-2-3-5-13)10-15-12(16)8-11-9-18-7-6-14-11/h11,14H,2-10H2,1H3,(H,15,16). The maximum Gasteiger partial charge on any atom is 0.221 e. The molecule has 0 radical (unpaired) electrons. The summed E-state index contributed by atoms with van der Waals surface area (Å²) in [7, 11) is 0. The van der Waals surface area contributed by atoms with Crippen LogP contribution in [0.4, 0.5) is 0 Å². The third kappa shape index (κ3) is 4.07. The van der Waals surface area contributed by atoms with Gasteiger partial charge in [0.15, 0.2) is 0 Å². The van der Waals surface area contributed by atoms with E-state index in [1.165, 1.54) is 31.4 Å². The molecule has 0 aromatic rings. The molecule has 1 aliphatic heterocycles. The maximum atomic E-state index is 12.0. The van der Waals surface area contributed by atoms with Crippen LogP contribution in [-0.2, 0) is 4.79 Å². The van der Waals surface area contributed by atoms with E-state index in [2.05, 4.69) is 16.9 Å². The molecule has 18 heavy (non-hydrogen) atoms. The van der Waals surface area contributed by atoms with Gasteiger partial charge in [-0.1, -0.05) is 12.8 Å². The lowest BCUT2D eigenvalue weighted by molar-refractivity contribution is -0.121. The second-order valence-electron chi connectivity index (χ2n) is 5.30. The first kappa shape index (κ1) is 14.5. The third-order valence-electron chi connectivity index (χ3n) is 3.99. The Morgan fingerprint density at radius 3 is 2.89 bits per heavy atom. The molecule has 3 nitrogen and oxygen atoms in total. The van der Waals surface area contributed by atoms with Crippen molar-refractivity contribution in [3.8, 4) is 0 Å². The lowest BCUT2D eigenvalue weighted by Crippen LogP contribution is -2.44. The summed E-state index contributed by atoms with van der Waals surface area (Å²) in [5.41, 5.74) is 0. The van der Waals surface area contributed by atoms with Crippen LogP contribution in [0, 0.1) is 0 Å². The Bertz CT molecular complexity index is 274. The van der Waals surface area contributed by atoms with Crippen LogP contribution in [0.15, 0.2) is 0 Å². The molecule has 2 N–H and O–H groups in total. The fraction of sp³-hybridized carbons (Fsp3) is 0.923. The summed E-state index contributed by atoms with van der Waals surface area (Å²) in [5.74, 6) is 2.46. The molecule has 1 unspecified atom stereocenters. The van der Waals surface area contributed by atoms with Gasteiger partial charge in [-0.25, -0.2) is 0 Å². The van der Waals surface area contributed by atoms with E-state index in [4.69, 9.17) is 0 Å². The van der Waals surface area contributed by atoms with E-state index in [0.717, 1.165) is 18.8 Å². The summed E-state index contributed by atoms with van der Waals surface area (Å²) in [6.45, 7) is 1.89. The quantitative estimate of drug-likeness (QED) is 0.810. The van der Waals surface area contributed by atoms with Gasteiger partial charge in [-0.15, -0.1) is 0 Å². The number of rotatable bonds is 5. The van der Waals surface area contributed by atoms with Crippen molar-refractivity contribution >= 4 is 29.4 Å². The second-order valence-corrected chi connectivity index (χ2v) is 7.73. The monoisotopic (exact) mass is 288 g/mol. The number of hydrogen-bond donors (Lipinski definition) is 2. The summed E-state index contributed by atoms with van der Waals surface area (Å²) in [6.07, 6.45) is 7.96. The lowest BCUT2D eigenvalue weighted by Gasteiger charge is -2.28. The number of hydrogen-bond acceptors (Lipinski definition) is 4. The Morgan fingerprint density at radius 2 is 2.28 bits per heavy atom. The van der Waals surface area contributed by atoms with Gasteiger partial charge in [-0.05, 0) is 19.1 Å². The summed E-state index contributed by atoms with van der Waals surface area (Å²) in [6, 6.07) is 0.373. The normalized spacial score (nSPS) is 27.1. The molecule has 5 heteroatoms. The topological polar surface area (TPSA) is 41.1 Å². The molecular weight excluding hydrogens is 264 g/mol. The van der Waals surface area contributed by atoms with Crippen molar-refractivity contribution < 1.29 is 4.79 Å². The minimum absolute atomic E-state index is 0.218. The first-order valence-electron chi connectivity index (χ1n) is 6.87. The zero-order valence-corrected chi connectivity index (χ0v) is 12.8. The molecule has 0 spiro atoms. The molecule has 1 saturated heterocycles. The number of nitrogens with one attached hydrogen (secondary N) is 2. The summed E-state index contributed by atoms with van der Waals surface area (Å²) in [5, 5.41) is 6.57. The van der Waals surface area contributed by atoms with Gasteiger partial charge in [-0.2, -0.15) is 23.5 Å². The van der Waals surface area contributed by atoms with Crippen LogP contribution in [0.2, 0.25) is 0 Å². The molecule has 1 heterocycles. The van der Waals surface area contributed by atoms with Gasteiger partial charge in [0.05, 0.1) is 0 Å². The van der Waals surface area contributed by atoms with E-state index in [0.29, 0.717) is 17.2 Å². The molecule has 1 atom stereocenters. The molecule has 2 fully saturated rings. The molecule has 1 saturated carbocycles. The van der Waals surface area contributed by atoms with E-state index >= 15 is 0 Å². The van der Waals surface area contributed by atoms with E-state index in [1.54, 1.807) is 0 Å². The van der Waals surface area contributed by atoms with Gasteiger partial charge in [0.1, 0.15) is 0 Å². The average Bonchev–Trinajstić information content (AvgIpc) is 2.87. The average molecular weight is 288 g/mol. The van der Waals surface area contributed by atoms with Crippen LogP contribution in [-0.4, -0.2) is 47.5 Å². The third-order valence-corrected chi connectivity index (χ3v) is 6.54. The lowest BCUT2D eigenvalue weighted by atomic mass is 10.1. The van der Waals surface area contributed by atoms with Crippen LogP contribution < -0.4 is 10.6 Å². The molecule has 0 aromatic heterocycles. The highest BCUT2D eigenvalue weighted by atomic mass is 32.2. The Labute approximate surface area is 119 Å². The van der Waals surface area contributed by atoms with Gasteiger partial charge < -0.3 is 10.6 Å². The first-order valence-corrected chi connectivity index (χ1v) is 9.25. The van der Waals surface area contributed by atoms with E-state index in [1.807, 2.05) is 23.5 Å².